The predicted octanol–water partition coefficient (Wildman–Crippen LogP) is 4.38. The minimum atomic E-state index is -0.742. The summed E-state index contributed by atoms with van der Waals surface area (Å²) >= 11 is 11.9. The van der Waals surface area contributed by atoms with E-state index < -0.39 is 23.6 Å². The smallest absolute Gasteiger partial charge is 0.408 e. The Kier molecular flexibility index (Phi) is 7.83. The van der Waals surface area contributed by atoms with Gasteiger partial charge in [-0.25, -0.2) is 4.79 Å². The second-order valence-corrected chi connectivity index (χ2v) is 7.91. The second-order valence-electron chi connectivity index (χ2n) is 7.07. The molecule has 8 heteroatoms. The van der Waals surface area contributed by atoms with Crippen LogP contribution in [0.15, 0.2) is 18.2 Å². The Balaban J connectivity index is 2.71. The van der Waals surface area contributed by atoms with Gasteiger partial charge in [0, 0.05) is 5.02 Å². The summed E-state index contributed by atoms with van der Waals surface area (Å²) < 4.78 is 5.21. The van der Waals surface area contributed by atoms with E-state index in [1.807, 2.05) is 13.8 Å². The summed E-state index contributed by atoms with van der Waals surface area (Å²) in [5.74, 6) is -0.199. The summed E-state index contributed by atoms with van der Waals surface area (Å²) in [6.45, 7) is 9.19. The average Bonchev–Trinajstić information content (AvgIpc) is 2.42. The van der Waals surface area contributed by atoms with Crippen LogP contribution in [0.1, 0.15) is 41.0 Å². The summed E-state index contributed by atoms with van der Waals surface area (Å²) in [6, 6.07) is 4.10. The van der Waals surface area contributed by atoms with Gasteiger partial charge in [-0.05, 0) is 51.3 Å². The van der Waals surface area contributed by atoms with Crippen molar-refractivity contribution in [2.75, 3.05) is 5.43 Å². The van der Waals surface area contributed by atoms with Crippen LogP contribution in [-0.2, 0) is 9.53 Å². The van der Waals surface area contributed by atoms with Gasteiger partial charge in [-0.2, -0.15) is 0 Å². The molecule has 0 saturated carbocycles. The van der Waals surface area contributed by atoms with Crippen molar-refractivity contribution in [1.82, 2.24) is 10.7 Å². The molecule has 0 unspecified atom stereocenters. The van der Waals surface area contributed by atoms with E-state index >= 15 is 0 Å². The Labute approximate surface area is 158 Å². The number of hydrogen-bond donors (Lipinski definition) is 3. The Morgan fingerprint density at radius 2 is 1.84 bits per heavy atom. The first-order valence-electron chi connectivity index (χ1n) is 7.98. The van der Waals surface area contributed by atoms with Gasteiger partial charge in [-0.15, -0.1) is 0 Å². The molecule has 0 aliphatic carbocycles. The van der Waals surface area contributed by atoms with Crippen molar-refractivity contribution in [3.05, 3.63) is 28.2 Å². The molecule has 25 heavy (non-hydrogen) atoms. The SMILES string of the molecule is CC(C)C[C@H](NC(=O)OC(C)(C)C)C(=O)NNc1ccc(Cl)cc1Cl. The van der Waals surface area contributed by atoms with Gasteiger partial charge in [-0.1, -0.05) is 37.0 Å². The van der Waals surface area contributed by atoms with Crippen molar-refractivity contribution >= 4 is 40.9 Å². The van der Waals surface area contributed by atoms with Crippen LogP contribution in [0.2, 0.25) is 10.0 Å². The van der Waals surface area contributed by atoms with E-state index in [9.17, 15) is 9.59 Å². The van der Waals surface area contributed by atoms with Gasteiger partial charge in [0.15, 0.2) is 0 Å². The molecular weight excluding hydrogens is 365 g/mol. The van der Waals surface area contributed by atoms with Crippen LogP contribution >= 0.6 is 23.2 Å². The monoisotopic (exact) mass is 389 g/mol. The summed E-state index contributed by atoms with van der Waals surface area (Å²) in [4.78, 5) is 24.4. The van der Waals surface area contributed by atoms with E-state index in [0.29, 0.717) is 22.2 Å². The number of rotatable bonds is 6. The molecular formula is C17H25Cl2N3O3. The second kappa shape index (κ2) is 9.15. The number of anilines is 1. The first-order chi connectivity index (χ1) is 11.5. The molecule has 6 nitrogen and oxygen atoms in total. The summed E-state index contributed by atoms with van der Waals surface area (Å²) in [6.07, 6.45) is -0.181. The van der Waals surface area contributed by atoms with Crippen LogP contribution in [0.4, 0.5) is 10.5 Å². The van der Waals surface area contributed by atoms with Crippen LogP contribution in [0.25, 0.3) is 0 Å². The van der Waals surface area contributed by atoms with Crippen LogP contribution in [0.5, 0.6) is 0 Å². The van der Waals surface area contributed by atoms with Crippen molar-refractivity contribution in [3.63, 3.8) is 0 Å². The number of carbonyl (C=O) groups is 2. The highest BCUT2D eigenvalue weighted by Crippen LogP contribution is 2.24. The highest BCUT2D eigenvalue weighted by Gasteiger charge is 2.25. The molecule has 0 aliphatic rings. The highest BCUT2D eigenvalue weighted by molar-refractivity contribution is 6.36. The summed E-state index contributed by atoms with van der Waals surface area (Å²) in [7, 11) is 0. The zero-order valence-corrected chi connectivity index (χ0v) is 16.6. The number of hydrogen-bond acceptors (Lipinski definition) is 4. The summed E-state index contributed by atoms with van der Waals surface area (Å²) in [5, 5.41) is 3.46. The van der Waals surface area contributed by atoms with Crippen molar-refractivity contribution < 1.29 is 14.3 Å². The number of halogens is 2. The topological polar surface area (TPSA) is 79.5 Å². The maximum atomic E-state index is 12.4. The van der Waals surface area contributed by atoms with Crippen LogP contribution in [0, 0.1) is 5.92 Å². The number of alkyl carbamates (subject to hydrolysis) is 1. The molecule has 0 fully saturated rings. The molecule has 0 bridgehead atoms. The molecule has 140 valence electrons. The molecule has 1 aromatic rings. The molecule has 0 heterocycles. The zero-order valence-electron chi connectivity index (χ0n) is 15.1. The third-order valence-electron chi connectivity index (χ3n) is 2.97. The Hall–Kier alpha value is -1.66. The lowest BCUT2D eigenvalue weighted by Gasteiger charge is -2.24. The molecule has 0 aliphatic heterocycles. The van der Waals surface area contributed by atoms with E-state index in [0.717, 1.165) is 0 Å². The lowest BCUT2D eigenvalue weighted by Crippen LogP contribution is -2.50. The van der Waals surface area contributed by atoms with Gasteiger partial charge >= 0.3 is 6.09 Å². The van der Waals surface area contributed by atoms with E-state index in [2.05, 4.69) is 16.2 Å². The number of carbonyl (C=O) groups excluding carboxylic acids is 2. The predicted molar refractivity (Wildman–Crippen MR) is 101 cm³/mol. The Morgan fingerprint density at radius 3 is 2.36 bits per heavy atom. The lowest BCUT2D eigenvalue weighted by atomic mass is 10.0. The number of benzene rings is 1. The van der Waals surface area contributed by atoms with Gasteiger partial charge in [0.25, 0.3) is 5.91 Å². The highest BCUT2D eigenvalue weighted by atomic mass is 35.5. The minimum Gasteiger partial charge on any atom is -0.444 e. The standard InChI is InChI=1S/C17H25Cl2N3O3/c1-10(2)8-14(20-16(24)25-17(3,4)5)15(23)22-21-13-7-6-11(18)9-12(13)19/h6-7,9-10,14,21H,8H2,1-5H3,(H,20,24)(H,22,23)/t14-/m0/s1. The van der Waals surface area contributed by atoms with E-state index in [-0.39, 0.29) is 5.92 Å². The molecule has 1 atom stereocenters. The molecule has 3 N–H and O–H groups in total. The first-order valence-corrected chi connectivity index (χ1v) is 8.74. The van der Waals surface area contributed by atoms with Gasteiger partial charge in [0.2, 0.25) is 0 Å². The molecule has 0 aromatic heterocycles. The fourth-order valence-electron chi connectivity index (χ4n) is 1.96. The van der Waals surface area contributed by atoms with E-state index in [1.165, 1.54) is 0 Å². The number of hydrazine groups is 1. The van der Waals surface area contributed by atoms with Crippen LogP contribution in [0.3, 0.4) is 0 Å². The molecule has 2 amide bonds. The maximum Gasteiger partial charge on any atom is 0.408 e. The van der Waals surface area contributed by atoms with Crippen molar-refractivity contribution in [2.24, 2.45) is 5.92 Å². The molecule has 1 aromatic carbocycles. The van der Waals surface area contributed by atoms with Crippen LogP contribution < -0.4 is 16.2 Å². The van der Waals surface area contributed by atoms with Crippen molar-refractivity contribution in [1.29, 1.82) is 0 Å². The molecule has 0 saturated heterocycles. The van der Waals surface area contributed by atoms with E-state index in [4.69, 9.17) is 27.9 Å². The average molecular weight is 390 g/mol. The molecule has 0 radical (unpaired) electrons. The van der Waals surface area contributed by atoms with Gasteiger partial charge in [0.05, 0.1) is 10.7 Å². The lowest BCUT2D eigenvalue weighted by molar-refractivity contribution is -0.123. The molecule has 1 rings (SSSR count). The Morgan fingerprint density at radius 1 is 1.20 bits per heavy atom. The normalized spacial score (nSPS) is 12.5. The van der Waals surface area contributed by atoms with Crippen LogP contribution in [-0.4, -0.2) is 23.6 Å². The third-order valence-corrected chi connectivity index (χ3v) is 3.51. The molecule has 0 spiro atoms. The Bertz CT molecular complexity index is 616. The van der Waals surface area contributed by atoms with Gasteiger partial charge < -0.3 is 10.1 Å². The summed E-state index contributed by atoms with van der Waals surface area (Å²) in [5.41, 5.74) is 5.14. The van der Waals surface area contributed by atoms with E-state index in [1.54, 1.807) is 39.0 Å². The largest absolute Gasteiger partial charge is 0.444 e. The maximum absolute atomic E-state index is 12.4. The van der Waals surface area contributed by atoms with Gasteiger partial charge in [-0.3, -0.25) is 15.6 Å². The van der Waals surface area contributed by atoms with Gasteiger partial charge in [0.1, 0.15) is 11.6 Å². The van der Waals surface area contributed by atoms with Crippen molar-refractivity contribution in [2.45, 2.75) is 52.7 Å². The third kappa shape index (κ3) is 8.31. The van der Waals surface area contributed by atoms with Crippen molar-refractivity contribution in [3.8, 4) is 0 Å². The zero-order chi connectivity index (χ0) is 19.2. The quantitative estimate of drug-likeness (QED) is 0.630. The fourth-order valence-corrected chi connectivity index (χ4v) is 2.42. The number of ether oxygens (including phenoxy) is 1. The number of nitrogens with one attached hydrogen (secondary N) is 3. The fraction of sp³-hybridized carbons (Fsp3) is 0.529. The number of amides is 2. The first kappa shape index (κ1) is 21.4. The minimum absolute atomic E-state index is 0.199.